The molecule has 0 amide bonds. The summed E-state index contributed by atoms with van der Waals surface area (Å²) in [6.45, 7) is 5.74. The molecule has 0 aromatic carbocycles. The van der Waals surface area contributed by atoms with Crippen molar-refractivity contribution in [3.8, 4) is 0 Å². The van der Waals surface area contributed by atoms with Crippen LogP contribution in [0.2, 0.25) is 0 Å². The summed E-state index contributed by atoms with van der Waals surface area (Å²) in [7, 11) is 0. The van der Waals surface area contributed by atoms with Gasteiger partial charge in [-0.05, 0) is 25.7 Å². The minimum atomic E-state index is 0.300. The van der Waals surface area contributed by atoms with Crippen LogP contribution in [-0.4, -0.2) is 6.29 Å². The molecular weight excluding hydrogens is 148 g/mol. The minimum Gasteiger partial charge on any atom is -0.303 e. The van der Waals surface area contributed by atoms with E-state index in [2.05, 4.69) is 13.5 Å². The maximum atomic E-state index is 10.4. The molecule has 0 aliphatic rings. The minimum absolute atomic E-state index is 0.300. The first-order chi connectivity index (χ1) is 5.85. The van der Waals surface area contributed by atoms with Crippen molar-refractivity contribution in [2.24, 2.45) is 5.92 Å². The molecule has 0 fully saturated rings. The lowest BCUT2D eigenvalue weighted by atomic mass is 10.00. The summed E-state index contributed by atoms with van der Waals surface area (Å²) >= 11 is 0. The molecule has 1 heteroatoms. The lowest BCUT2D eigenvalue weighted by molar-refractivity contribution is -0.111. The predicted molar refractivity (Wildman–Crippen MR) is 53.1 cm³/mol. The Hall–Kier alpha value is -0.590. The van der Waals surface area contributed by atoms with E-state index in [-0.39, 0.29) is 0 Å². The van der Waals surface area contributed by atoms with E-state index in [1.807, 2.05) is 6.08 Å². The van der Waals surface area contributed by atoms with Crippen LogP contribution in [-0.2, 0) is 4.79 Å². The van der Waals surface area contributed by atoms with E-state index >= 15 is 0 Å². The van der Waals surface area contributed by atoms with Crippen molar-refractivity contribution in [1.82, 2.24) is 0 Å². The fourth-order valence-corrected chi connectivity index (χ4v) is 1.24. The van der Waals surface area contributed by atoms with Crippen LogP contribution < -0.4 is 0 Å². The van der Waals surface area contributed by atoms with E-state index in [4.69, 9.17) is 0 Å². The van der Waals surface area contributed by atoms with Crippen molar-refractivity contribution in [2.45, 2.75) is 45.4 Å². The smallest absolute Gasteiger partial charge is 0.123 e. The first-order valence-electron chi connectivity index (χ1n) is 4.91. The first kappa shape index (κ1) is 11.4. The molecule has 0 heterocycles. The fraction of sp³-hybridized carbons (Fsp3) is 0.727. The van der Waals surface area contributed by atoms with Crippen LogP contribution in [0.1, 0.15) is 45.4 Å². The Bertz CT molecular complexity index is 118. The molecular formula is C11H20O. The van der Waals surface area contributed by atoms with Gasteiger partial charge in [0.1, 0.15) is 6.29 Å². The molecule has 0 aromatic rings. The molecule has 0 N–H and O–H groups in total. The highest BCUT2D eigenvalue weighted by Gasteiger charge is 2.02. The average Bonchev–Trinajstić information content (AvgIpc) is 2.11. The van der Waals surface area contributed by atoms with E-state index in [1.165, 1.54) is 19.3 Å². The zero-order valence-electron chi connectivity index (χ0n) is 8.09. The van der Waals surface area contributed by atoms with Crippen molar-refractivity contribution in [3.63, 3.8) is 0 Å². The normalized spacial score (nSPS) is 12.4. The molecule has 1 unspecified atom stereocenters. The van der Waals surface area contributed by atoms with Crippen LogP contribution in [0.15, 0.2) is 12.7 Å². The van der Waals surface area contributed by atoms with Crippen LogP contribution >= 0.6 is 0 Å². The Morgan fingerprint density at radius 1 is 1.33 bits per heavy atom. The molecule has 0 aromatic heterocycles. The summed E-state index contributed by atoms with van der Waals surface area (Å²) in [6.07, 6.45) is 9.85. The second-order valence-electron chi connectivity index (χ2n) is 3.23. The van der Waals surface area contributed by atoms with Gasteiger partial charge in [0, 0.05) is 5.92 Å². The van der Waals surface area contributed by atoms with Gasteiger partial charge in [0.15, 0.2) is 0 Å². The number of rotatable bonds is 8. The highest BCUT2D eigenvalue weighted by Crippen LogP contribution is 2.11. The predicted octanol–water partition coefficient (Wildman–Crippen LogP) is 3.35. The Kier molecular flexibility index (Phi) is 8.09. The van der Waals surface area contributed by atoms with E-state index < -0.39 is 0 Å². The molecule has 1 atom stereocenters. The molecule has 0 spiro atoms. The second kappa shape index (κ2) is 8.51. The number of allylic oxidation sites excluding steroid dienone is 1. The molecule has 0 rings (SSSR count). The van der Waals surface area contributed by atoms with Gasteiger partial charge in [-0.3, -0.25) is 0 Å². The number of hydrogen-bond acceptors (Lipinski definition) is 1. The third-order valence-electron chi connectivity index (χ3n) is 2.20. The third-order valence-corrected chi connectivity index (χ3v) is 2.20. The Morgan fingerprint density at radius 2 is 2.08 bits per heavy atom. The summed E-state index contributed by atoms with van der Waals surface area (Å²) in [5.74, 6) is 0.300. The summed E-state index contributed by atoms with van der Waals surface area (Å²) in [4.78, 5) is 10.4. The van der Waals surface area contributed by atoms with Gasteiger partial charge < -0.3 is 4.79 Å². The summed E-state index contributed by atoms with van der Waals surface area (Å²) in [5, 5.41) is 0. The van der Waals surface area contributed by atoms with E-state index in [0.717, 1.165) is 25.5 Å². The van der Waals surface area contributed by atoms with E-state index in [9.17, 15) is 4.79 Å². The summed E-state index contributed by atoms with van der Waals surface area (Å²) in [5.41, 5.74) is 0. The lowest BCUT2D eigenvalue weighted by Gasteiger charge is -2.05. The number of aldehydes is 1. The highest BCUT2D eigenvalue weighted by atomic mass is 16.1. The van der Waals surface area contributed by atoms with Gasteiger partial charge in [-0.15, -0.1) is 6.58 Å². The zero-order chi connectivity index (χ0) is 9.23. The highest BCUT2D eigenvalue weighted by molar-refractivity contribution is 5.53. The summed E-state index contributed by atoms with van der Waals surface area (Å²) < 4.78 is 0. The molecule has 0 bridgehead atoms. The van der Waals surface area contributed by atoms with Crippen molar-refractivity contribution in [3.05, 3.63) is 12.7 Å². The molecule has 0 saturated carbocycles. The van der Waals surface area contributed by atoms with Crippen LogP contribution in [0.3, 0.4) is 0 Å². The second-order valence-corrected chi connectivity index (χ2v) is 3.23. The van der Waals surface area contributed by atoms with Crippen molar-refractivity contribution in [1.29, 1.82) is 0 Å². The number of carbonyl (C=O) groups excluding carboxylic acids is 1. The van der Waals surface area contributed by atoms with E-state index in [1.54, 1.807) is 0 Å². The van der Waals surface area contributed by atoms with Gasteiger partial charge in [-0.2, -0.15) is 0 Å². The molecule has 0 aliphatic carbocycles. The van der Waals surface area contributed by atoms with Gasteiger partial charge >= 0.3 is 0 Å². The van der Waals surface area contributed by atoms with Crippen LogP contribution in [0.4, 0.5) is 0 Å². The van der Waals surface area contributed by atoms with Crippen molar-refractivity contribution >= 4 is 6.29 Å². The zero-order valence-corrected chi connectivity index (χ0v) is 8.09. The number of hydrogen-bond donors (Lipinski definition) is 0. The largest absolute Gasteiger partial charge is 0.303 e. The SMILES string of the molecule is C=CCCCCCC(C=O)CC. The van der Waals surface area contributed by atoms with Crippen LogP contribution in [0.25, 0.3) is 0 Å². The molecule has 70 valence electrons. The fourth-order valence-electron chi connectivity index (χ4n) is 1.24. The maximum Gasteiger partial charge on any atom is 0.123 e. The number of unbranched alkanes of at least 4 members (excludes halogenated alkanes) is 3. The maximum absolute atomic E-state index is 10.4. The first-order valence-corrected chi connectivity index (χ1v) is 4.91. The molecule has 0 radical (unpaired) electrons. The topological polar surface area (TPSA) is 17.1 Å². The Balaban J connectivity index is 3.17. The van der Waals surface area contributed by atoms with Gasteiger partial charge in [-0.25, -0.2) is 0 Å². The number of carbonyl (C=O) groups is 1. The van der Waals surface area contributed by atoms with Crippen molar-refractivity contribution in [2.75, 3.05) is 0 Å². The van der Waals surface area contributed by atoms with Gasteiger partial charge in [0.05, 0.1) is 0 Å². The van der Waals surface area contributed by atoms with Crippen LogP contribution in [0, 0.1) is 5.92 Å². The third kappa shape index (κ3) is 6.14. The monoisotopic (exact) mass is 168 g/mol. The quantitative estimate of drug-likeness (QED) is 0.308. The Labute approximate surface area is 75.9 Å². The molecule has 1 nitrogen and oxygen atoms in total. The van der Waals surface area contributed by atoms with Gasteiger partial charge in [0.2, 0.25) is 0 Å². The van der Waals surface area contributed by atoms with Gasteiger partial charge in [0.25, 0.3) is 0 Å². The molecule has 0 saturated heterocycles. The standard InChI is InChI=1S/C11H20O/c1-3-5-6-7-8-9-11(4-2)10-12/h3,10-11H,1,4-9H2,2H3. The van der Waals surface area contributed by atoms with Crippen LogP contribution in [0.5, 0.6) is 0 Å². The average molecular weight is 168 g/mol. The van der Waals surface area contributed by atoms with Crippen molar-refractivity contribution < 1.29 is 4.79 Å². The summed E-state index contributed by atoms with van der Waals surface area (Å²) in [6, 6.07) is 0. The molecule has 12 heavy (non-hydrogen) atoms. The lowest BCUT2D eigenvalue weighted by Crippen LogP contribution is -1.99. The molecule has 0 aliphatic heterocycles. The van der Waals surface area contributed by atoms with E-state index in [0.29, 0.717) is 5.92 Å². The Morgan fingerprint density at radius 3 is 2.58 bits per heavy atom. The van der Waals surface area contributed by atoms with Gasteiger partial charge in [-0.1, -0.05) is 25.8 Å².